The second kappa shape index (κ2) is 8.13. The molecule has 0 saturated carbocycles. The van der Waals surface area contributed by atoms with Crippen LogP contribution in [-0.2, 0) is 6.54 Å². The second-order valence-corrected chi connectivity index (χ2v) is 5.81. The van der Waals surface area contributed by atoms with E-state index in [4.69, 9.17) is 16.3 Å². The van der Waals surface area contributed by atoms with Crippen molar-refractivity contribution < 1.29 is 9.53 Å². The summed E-state index contributed by atoms with van der Waals surface area (Å²) in [5.41, 5.74) is 0.894. The molecule has 1 saturated heterocycles. The highest BCUT2D eigenvalue weighted by Crippen LogP contribution is 2.22. The van der Waals surface area contributed by atoms with Gasteiger partial charge in [-0.3, -0.25) is 0 Å². The Kier molecular flexibility index (Phi) is 6.18. The van der Waals surface area contributed by atoms with Crippen molar-refractivity contribution in [1.29, 1.82) is 0 Å². The maximum absolute atomic E-state index is 12.3. The zero-order chi connectivity index (χ0) is 15.1. The summed E-state index contributed by atoms with van der Waals surface area (Å²) in [6.45, 7) is 2.12. The van der Waals surface area contributed by atoms with E-state index < -0.39 is 0 Å². The topological polar surface area (TPSA) is 41.6 Å². The SMILES string of the molecule is COc1ccc(Cl)cc1CNC(=O)N1CCCCCCC1. The van der Waals surface area contributed by atoms with Crippen LogP contribution in [0.25, 0.3) is 0 Å². The Hall–Kier alpha value is -1.42. The van der Waals surface area contributed by atoms with Gasteiger partial charge in [0.25, 0.3) is 0 Å². The number of methoxy groups -OCH3 is 1. The number of nitrogens with one attached hydrogen (secondary N) is 1. The van der Waals surface area contributed by atoms with Crippen molar-refractivity contribution in [1.82, 2.24) is 10.2 Å². The Morgan fingerprint density at radius 2 is 1.90 bits per heavy atom. The van der Waals surface area contributed by atoms with Gasteiger partial charge in [-0.2, -0.15) is 0 Å². The number of halogens is 1. The number of carbonyl (C=O) groups excluding carboxylic acids is 1. The van der Waals surface area contributed by atoms with Crippen LogP contribution in [0.15, 0.2) is 18.2 Å². The molecule has 1 aliphatic rings. The van der Waals surface area contributed by atoms with Gasteiger partial charge in [-0.05, 0) is 31.0 Å². The Morgan fingerprint density at radius 1 is 1.24 bits per heavy atom. The Labute approximate surface area is 131 Å². The molecular formula is C16H23ClN2O2. The van der Waals surface area contributed by atoms with E-state index in [1.54, 1.807) is 13.2 Å². The first-order chi connectivity index (χ1) is 10.2. The van der Waals surface area contributed by atoms with E-state index in [-0.39, 0.29) is 6.03 Å². The smallest absolute Gasteiger partial charge is 0.317 e. The monoisotopic (exact) mass is 310 g/mol. The number of urea groups is 1. The van der Waals surface area contributed by atoms with Gasteiger partial charge in [0.15, 0.2) is 0 Å². The molecule has 5 heteroatoms. The second-order valence-electron chi connectivity index (χ2n) is 5.37. The lowest BCUT2D eigenvalue weighted by atomic mass is 10.1. The minimum absolute atomic E-state index is 0.000992. The number of nitrogens with zero attached hydrogens (tertiary/aromatic N) is 1. The molecule has 0 aromatic heterocycles. The summed E-state index contributed by atoms with van der Waals surface area (Å²) in [4.78, 5) is 14.2. The summed E-state index contributed by atoms with van der Waals surface area (Å²) in [6.07, 6.45) is 5.90. The van der Waals surface area contributed by atoms with Crippen LogP contribution in [0.4, 0.5) is 4.79 Å². The van der Waals surface area contributed by atoms with Crippen molar-refractivity contribution in [2.75, 3.05) is 20.2 Å². The summed E-state index contributed by atoms with van der Waals surface area (Å²) < 4.78 is 5.29. The third-order valence-corrected chi connectivity index (χ3v) is 4.05. The van der Waals surface area contributed by atoms with Gasteiger partial charge in [0.1, 0.15) is 5.75 Å². The first kappa shape index (κ1) is 16.0. The summed E-state index contributed by atoms with van der Waals surface area (Å²) in [6, 6.07) is 5.43. The van der Waals surface area contributed by atoms with Gasteiger partial charge < -0.3 is 15.0 Å². The Bertz CT molecular complexity index is 471. The normalized spacial score (nSPS) is 16.0. The largest absolute Gasteiger partial charge is 0.496 e. The van der Waals surface area contributed by atoms with Crippen molar-refractivity contribution in [2.24, 2.45) is 0 Å². The molecule has 1 aromatic carbocycles. The van der Waals surface area contributed by atoms with Gasteiger partial charge >= 0.3 is 6.03 Å². The Morgan fingerprint density at radius 3 is 2.57 bits per heavy atom. The van der Waals surface area contributed by atoms with Crippen molar-refractivity contribution in [3.05, 3.63) is 28.8 Å². The maximum atomic E-state index is 12.3. The molecule has 0 unspecified atom stereocenters. The molecule has 2 rings (SSSR count). The molecule has 4 nitrogen and oxygen atoms in total. The van der Waals surface area contributed by atoms with Crippen LogP contribution >= 0.6 is 11.6 Å². The molecule has 116 valence electrons. The molecule has 1 fully saturated rings. The molecule has 2 amide bonds. The van der Waals surface area contributed by atoms with Gasteiger partial charge in [0.2, 0.25) is 0 Å². The number of rotatable bonds is 3. The minimum atomic E-state index is -0.000992. The van der Waals surface area contributed by atoms with Crippen LogP contribution in [-0.4, -0.2) is 31.1 Å². The molecule has 0 radical (unpaired) electrons. The molecule has 1 heterocycles. The van der Waals surface area contributed by atoms with Crippen LogP contribution in [0, 0.1) is 0 Å². The van der Waals surface area contributed by atoms with Crippen LogP contribution in [0.2, 0.25) is 5.02 Å². The van der Waals surface area contributed by atoms with Crippen LogP contribution in [0.5, 0.6) is 5.75 Å². The highest BCUT2D eigenvalue weighted by Gasteiger charge is 2.15. The number of amides is 2. The average molecular weight is 311 g/mol. The molecule has 21 heavy (non-hydrogen) atoms. The van der Waals surface area contributed by atoms with E-state index in [0.717, 1.165) is 37.2 Å². The summed E-state index contributed by atoms with van der Waals surface area (Å²) in [5, 5.41) is 3.61. The van der Waals surface area contributed by atoms with Crippen LogP contribution in [0.3, 0.4) is 0 Å². The van der Waals surface area contributed by atoms with Crippen molar-refractivity contribution in [2.45, 2.75) is 38.6 Å². The fourth-order valence-electron chi connectivity index (χ4n) is 2.62. The molecule has 1 aliphatic heterocycles. The molecule has 1 aromatic rings. The van der Waals surface area contributed by atoms with E-state index in [9.17, 15) is 4.79 Å². The van der Waals surface area contributed by atoms with Crippen molar-refractivity contribution in [3.8, 4) is 5.75 Å². The van der Waals surface area contributed by atoms with Crippen molar-refractivity contribution >= 4 is 17.6 Å². The molecule has 1 N–H and O–H groups in total. The fourth-order valence-corrected chi connectivity index (χ4v) is 2.81. The van der Waals surface area contributed by atoms with E-state index in [1.165, 1.54) is 19.3 Å². The zero-order valence-electron chi connectivity index (χ0n) is 12.5. The number of carbonyl (C=O) groups is 1. The lowest BCUT2D eigenvalue weighted by Gasteiger charge is -2.25. The minimum Gasteiger partial charge on any atom is -0.496 e. The standard InChI is InChI=1S/C16H23ClN2O2/c1-21-15-8-7-14(17)11-13(15)12-18-16(20)19-9-5-3-2-4-6-10-19/h7-8,11H,2-6,9-10,12H2,1H3,(H,18,20). The summed E-state index contributed by atoms with van der Waals surface area (Å²) in [7, 11) is 1.62. The quantitative estimate of drug-likeness (QED) is 0.922. The number of hydrogen-bond acceptors (Lipinski definition) is 2. The maximum Gasteiger partial charge on any atom is 0.317 e. The predicted molar refractivity (Wildman–Crippen MR) is 84.9 cm³/mol. The van der Waals surface area contributed by atoms with Gasteiger partial charge in [-0.1, -0.05) is 30.9 Å². The summed E-state index contributed by atoms with van der Waals surface area (Å²) in [5.74, 6) is 0.743. The lowest BCUT2D eigenvalue weighted by molar-refractivity contribution is 0.191. The average Bonchev–Trinajstić information content (AvgIpc) is 2.44. The third-order valence-electron chi connectivity index (χ3n) is 3.82. The Balaban J connectivity index is 1.92. The predicted octanol–water partition coefficient (Wildman–Crippen LogP) is 3.82. The molecule has 0 spiro atoms. The van der Waals surface area contributed by atoms with E-state index in [2.05, 4.69) is 5.32 Å². The van der Waals surface area contributed by atoms with Gasteiger partial charge in [-0.15, -0.1) is 0 Å². The molecule has 0 bridgehead atoms. The zero-order valence-corrected chi connectivity index (χ0v) is 13.3. The molecule has 0 atom stereocenters. The summed E-state index contributed by atoms with van der Waals surface area (Å²) >= 11 is 6.00. The van der Waals surface area contributed by atoms with Crippen LogP contribution < -0.4 is 10.1 Å². The third kappa shape index (κ3) is 4.81. The highest BCUT2D eigenvalue weighted by molar-refractivity contribution is 6.30. The van der Waals surface area contributed by atoms with E-state index in [0.29, 0.717) is 11.6 Å². The lowest BCUT2D eigenvalue weighted by Crippen LogP contribution is -2.41. The van der Waals surface area contributed by atoms with E-state index in [1.807, 2.05) is 17.0 Å². The fraction of sp³-hybridized carbons (Fsp3) is 0.562. The van der Waals surface area contributed by atoms with Gasteiger partial charge in [0.05, 0.1) is 7.11 Å². The number of hydrogen-bond donors (Lipinski definition) is 1. The van der Waals surface area contributed by atoms with Gasteiger partial charge in [-0.25, -0.2) is 4.79 Å². The van der Waals surface area contributed by atoms with Gasteiger partial charge in [0, 0.05) is 30.2 Å². The molecular weight excluding hydrogens is 288 g/mol. The number of ether oxygens (including phenoxy) is 1. The first-order valence-electron chi connectivity index (χ1n) is 7.56. The van der Waals surface area contributed by atoms with Crippen molar-refractivity contribution in [3.63, 3.8) is 0 Å². The number of likely N-dealkylation sites (tertiary alicyclic amines) is 1. The highest BCUT2D eigenvalue weighted by atomic mass is 35.5. The van der Waals surface area contributed by atoms with Crippen LogP contribution in [0.1, 0.15) is 37.7 Å². The first-order valence-corrected chi connectivity index (χ1v) is 7.93. The molecule has 0 aliphatic carbocycles. The number of benzene rings is 1. The van der Waals surface area contributed by atoms with E-state index >= 15 is 0 Å².